The summed E-state index contributed by atoms with van der Waals surface area (Å²) in [5.41, 5.74) is 1.74. The fraction of sp³-hybridized carbons (Fsp3) is 0.514. The zero-order valence-electron chi connectivity index (χ0n) is 29.3. The quantitative estimate of drug-likeness (QED) is 0.185. The standard InChI is InChI=1S/C37H36F7N7O2S/c1-3-50(26-7-10-51(17(26)2)34(52)20-12-25(20)40)33-21-11-23(37(42,43)44)28(19-5-6-24(39)31-27(19)22(14-45)32(46)54-31)29(41)30(21)47-35(48-33)53-16-36-8-4-9-49(36)15-18(38)13-36/h5-6,11,17-18,20,25-26H,3-4,7-10,12-13,15-16,46H2,1-2H3. The van der Waals surface area contributed by atoms with Crippen molar-refractivity contribution < 1.29 is 40.3 Å². The summed E-state index contributed by atoms with van der Waals surface area (Å²) in [5, 5.41) is 9.18. The van der Waals surface area contributed by atoms with Gasteiger partial charge >= 0.3 is 12.2 Å². The topological polar surface area (TPSA) is 112 Å². The maximum atomic E-state index is 17.3. The molecule has 17 heteroatoms. The Labute approximate surface area is 309 Å². The Morgan fingerprint density at radius 3 is 2.67 bits per heavy atom. The molecule has 8 rings (SSSR count). The van der Waals surface area contributed by atoms with Crippen LogP contribution in [0.25, 0.3) is 32.1 Å². The molecule has 6 unspecified atom stereocenters. The number of aromatic nitrogens is 2. The zero-order valence-corrected chi connectivity index (χ0v) is 30.1. The molecule has 0 radical (unpaired) electrons. The van der Waals surface area contributed by atoms with Crippen molar-refractivity contribution in [3.8, 4) is 23.2 Å². The van der Waals surface area contributed by atoms with Crippen LogP contribution in [0.3, 0.4) is 0 Å². The van der Waals surface area contributed by atoms with Gasteiger partial charge in [0.2, 0.25) is 5.91 Å². The second-order valence-electron chi connectivity index (χ2n) is 14.7. The van der Waals surface area contributed by atoms with Gasteiger partial charge < -0.3 is 20.3 Å². The van der Waals surface area contributed by atoms with Crippen LogP contribution < -0.4 is 15.4 Å². The summed E-state index contributed by atoms with van der Waals surface area (Å²) in [6.45, 7) is 4.81. The van der Waals surface area contributed by atoms with Gasteiger partial charge in [0.15, 0.2) is 5.82 Å². The van der Waals surface area contributed by atoms with E-state index < -0.39 is 75.9 Å². The van der Waals surface area contributed by atoms with Crippen LogP contribution in [0.15, 0.2) is 18.2 Å². The number of hydrogen-bond acceptors (Lipinski definition) is 9. The number of fused-ring (bicyclic) bond motifs is 3. The molecule has 5 heterocycles. The van der Waals surface area contributed by atoms with Crippen LogP contribution >= 0.6 is 11.3 Å². The number of halogens is 7. The van der Waals surface area contributed by atoms with E-state index in [1.807, 2.05) is 11.0 Å². The number of thiophene rings is 1. The van der Waals surface area contributed by atoms with Gasteiger partial charge in [-0.3, -0.25) is 9.69 Å². The summed E-state index contributed by atoms with van der Waals surface area (Å²) in [4.78, 5) is 27.3. The minimum absolute atomic E-state index is 0.0498. The van der Waals surface area contributed by atoms with E-state index in [0.29, 0.717) is 30.7 Å². The Kier molecular flexibility index (Phi) is 8.87. The Balaban J connectivity index is 1.32. The van der Waals surface area contributed by atoms with Crippen LogP contribution in [-0.4, -0.2) is 88.4 Å². The molecule has 2 aromatic carbocycles. The molecule has 0 spiro atoms. The molecule has 4 aliphatic rings. The Morgan fingerprint density at radius 2 is 1.98 bits per heavy atom. The number of ether oxygens (including phenoxy) is 1. The lowest BCUT2D eigenvalue weighted by atomic mass is 9.92. The van der Waals surface area contributed by atoms with Gasteiger partial charge in [-0.1, -0.05) is 6.07 Å². The summed E-state index contributed by atoms with van der Waals surface area (Å²) in [6, 6.07) is 3.09. The van der Waals surface area contributed by atoms with E-state index in [-0.39, 0.29) is 82.9 Å². The third-order valence-corrected chi connectivity index (χ3v) is 12.7. The molecule has 4 fully saturated rings. The van der Waals surface area contributed by atoms with E-state index >= 15 is 22.0 Å². The summed E-state index contributed by atoms with van der Waals surface area (Å²) in [7, 11) is 0. The first kappa shape index (κ1) is 36.5. The second kappa shape index (κ2) is 13.1. The van der Waals surface area contributed by atoms with Crippen LogP contribution in [0.5, 0.6) is 6.01 Å². The number of likely N-dealkylation sites (N-methyl/N-ethyl adjacent to an activating group) is 1. The molecule has 1 saturated carbocycles. The smallest absolute Gasteiger partial charge is 0.417 e. The number of nitriles is 1. The molecule has 54 heavy (non-hydrogen) atoms. The van der Waals surface area contributed by atoms with E-state index in [0.717, 1.165) is 24.6 Å². The predicted molar refractivity (Wildman–Crippen MR) is 189 cm³/mol. The number of rotatable bonds is 8. The molecule has 4 aromatic rings. The van der Waals surface area contributed by atoms with Gasteiger partial charge in [0.05, 0.1) is 33.3 Å². The van der Waals surface area contributed by atoms with Crippen molar-refractivity contribution in [1.82, 2.24) is 19.8 Å². The first-order chi connectivity index (χ1) is 25.7. The van der Waals surface area contributed by atoms with Crippen molar-refractivity contribution in [3.63, 3.8) is 0 Å². The number of benzene rings is 2. The highest BCUT2D eigenvalue weighted by atomic mass is 32.1. The van der Waals surface area contributed by atoms with Crippen LogP contribution in [0.4, 0.5) is 41.6 Å². The highest BCUT2D eigenvalue weighted by Crippen LogP contribution is 2.49. The number of anilines is 2. The molecule has 2 N–H and O–H groups in total. The maximum Gasteiger partial charge on any atom is 0.417 e. The molecule has 2 aromatic heterocycles. The van der Waals surface area contributed by atoms with Gasteiger partial charge in [0.25, 0.3) is 0 Å². The number of nitrogens with two attached hydrogens (primary N) is 1. The van der Waals surface area contributed by atoms with Crippen LogP contribution in [0.1, 0.15) is 57.1 Å². The van der Waals surface area contributed by atoms with Gasteiger partial charge in [-0.15, -0.1) is 11.3 Å². The number of nitrogen functional groups attached to an aromatic ring is 1. The van der Waals surface area contributed by atoms with Gasteiger partial charge in [0, 0.05) is 48.4 Å². The normalized spacial score (nSPS) is 26.8. The van der Waals surface area contributed by atoms with Crippen molar-refractivity contribution in [2.75, 3.05) is 43.4 Å². The molecule has 1 aliphatic carbocycles. The molecular formula is C37H36F7N7O2S. The summed E-state index contributed by atoms with van der Waals surface area (Å²) < 4.78 is 112. The predicted octanol–water partition coefficient (Wildman–Crippen LogP) is 7.39. The minimum atomic E-state index is -5.16. The molecule has 9 nitrogen and oxygen atoms in total. The van der Waals surface area contributed by atoms with E-state index in [9.17, 15) is 18.8 Å². The fourth-order valence-corrected chi connectivity index (χ4v) is 9.89. The number of carbonyl (C=O) groups is 1. The lowest BCUT2D eigenvalue weighted by Gasteiger charge is -2.35. The van der Waals surface area contributed by atoms with Gasteiger partial charge in [-0.05, 0) is 63.8 Å². The summed E-state index contributed by atoms with van der Waals surface area (Å²) >= 11 is 0.666. The molecule has 3 aliphatic heterocycles. The lowest BCUT2D eigenvalue weighted by Crippen LogP contribution is -2.46. The zero-order chi connectivity index (χ0) is 38.4. The highest BCUT2D eigenvalue weighted by Gasteiger charge is 2.51. The molecular weight excluding hydrogens is 740 g/mol. The monoisotopic (exact) mass is 775 g/mol. The number of nitrogens with zero attached hydrogens (tertiary/aromatic N) is 6. The molecule has 286 valence electrons. The highest BCUT2D eigenvalue weighted by molar-refractivity contribution is 7.23. The van der Waals surface area contributed by atoms with Crippen molar-refractivity contribution in [3.05, 3.63) is 41.0 Å². The largest absolute Gasteiger partial charge is 0.461 e. The van der Waals surface area contributed by atoms with Crippen molar-refractivity contribution >= 4 is 49.1 Å². The first-order valence-electron chi connectivity index (χ1n) is 17.9. The third kappa shape index (κ3) is 5.78. The van der Waals surface area contributed by atoms with Gasteiger partial charge in [-0.2, -0.15) is 28.4 Å². The Hall–Kier alpha value is -4.43. The summed E-state index contributed by atoms with van der Waals surface area (Å²) in [5.74, 6) is -3.39. The Morgan fingerprint density at radius 1 is 1.22 bits per heavy atom. The average Bonchev–Trinajstić information content (AvgIpc) is 3.38. The molecule has 3 saturated heterocycles. The number of amides is 1. The van der Waals surface area contributed by atoms with Crippen LogP contribution in [0.2, 0.25) is 0 Å². The average molecular weight is 776 g/mol. The number of hydrogen-bond donors (Lipinski definition) is 1. The lowest BCUT2D eigenvalue weighted by molar-refractivity contribution is -0.137. The third-order valence-electron chi connectivity index (χ3n) is 11.7. The maximum absolute atomic E-state index is 17.3. The number of likely N-dealkylation sites (tertiary alicyclic amines) is 1. The Bertz CT molecular complexity index is 2230. The molecule has 6 atom stereocenters. The van der Waals surface area contributed by atoms with E-state index in [4.69, 9.17) is 10.5 Å². The van der Waals surface area contributed by atoms with Crippen LogP contribution in [0, 0.1) is 28.9 Å². The van der Waals surface area contributed by atoms with E-state index in [2.05, 4.69) is 9.97 Å². The fourth-order valence-electron chi connectivity index (χ4n) is 8.94. The minimum Gasteiger partial charge on any atom is -0.461 e. The van der Waals surface area contributed by atoms with Crippen LogP contribution in [-0.2, 0) is 11.0 Å². The van der Waals surface area contributed by atoms with Crippen molar-refractivity contribution in [2.45, 2.75) is 82.1 Å². The van der Waals surface area contributed by atoms with Gasteiger partial charge in [-0.25, -0.2) is 17.6 Å². The number of carbonyl (C=O) groups excluding carboxylic acids is 1. The second-order valence-corrected chi connectivity index (χ2v) is 15.8. The molecule has 0 bridgehead atoms. The number of alkyl halides is 5. The van der Waals surface area contributed by atoms with E-state index in [1.54, 1.807) is 23.6 Å². The van der Waals surface area contributed by atoms with Crippen molar-refractivity contribution in [1.29, 1.82) is 5.26 Å². The molecule has 1 amide bonds. The SMILES string of the molecule is CCN(c1nc(OCC23CCCN2CC(F)C3)nc2c(F)c(-c3ccc(F)c4sc(N)c(C#N)c34)c(C(F)(F)F)cc12)C1CCN(C(=O)C2CC2F)C1C. The van der Waals surface area contributed by atoms with E-state index in [1.165, 1.54) is 0 Å². The summed E-state index contributed by atoms with van der Waals surface area (Å²) in [6.07, 6.45) is -5.28. The van der Waals surface area contributed by atoms with Gasteiger partial charge in [0.1, 0.15) is 47.2 Å². The van der Waals surface area contributed by atoms with Crippen molar-refractivity contribution in [2.24, 2.45) is 5.92 Å². The first-order valence-corrected chi connectivity index (χ1v) is 18.7.